The van der Waals surface area contributed by atoms with Crippen LogP contribution in [-0.2, 0) is 27.4 Å². The van der Waals surface area contributed by atoms with E-state index in [4.69, 9.17) is 4.18 Å². The van der Waals surface area contributed by atoms with E-state index >= 15 is 0 Å². The van der Waals surface area contributed by atoms with Gasteiger partial charge in [-0.2, -0.15) is 8.42 Å². The molecule has 0 bridgehead atoms. The van der Waals surface area contributed by atoms with Gasteiger partial charge in [-0.15, -0.1) is 5.10 Å². The molecule has 0 radical (unpaired) electrons. The Hall–Kier alpha value is -2.88. The molecule has 0 atom stereocenters. The molecule has 9 heteroatoms. The molecule has 30 heavy (non-hydrogen) atoms. The SMILES string of the molecule is CCCOS(=O)(=O)c1ccc(C)cc1-n1cc(CNCc2ccc(C=O)cc2)nn1. The number of aromatic nitrogens is 3. The molecule has 0 fully saturated rings. The van der Waals surface area contributed by atoms with E-state index in [1.807, 2.05) is 26.0 Å². The fourth-order valence-corrected chi connectivity index (χ4v) is 3.98. The van der Waals surface area contributed by atoms with E-state index in [0.717, 1.165) is 17.4 Å². The zero-order valence-electron chi connectivity index (χ0n) is 16.9. The number of benzene rings is 2. The molecular formula is C21H24N4O4S. The van der Waals surface area contributed by atoms with E-state index in [1.54, 1.807) is 30.5 Å². The van der Waals surface area contributed by atoms with Gasteiger partial charge >= 0.3 is 0 Å². The summed E-state index contributed by atoms with van der Waals surface area (Å²) < 4.78 is 31.7. The quantitative estimate of drug-likeness (QED) is 0.391. The lowest BCUT2D eigenvalue weighted by atomic mass is 10.1. The van der Waals surface area contributed by atoms with Crippen molar-refractivity contribution in [2.24, 2.45) is 0 Å². The maximum atomic E-state index is 12.6. The van der Waals surface area contributed by atoms with E-state index in [2.05, 4.69) is 15.6 Å². The Bertz CT molecular complexity index is 1110. The third kappa shape index (κ3) is 5.38. The van der Waals surface area contributed by atoms with E-state index in [0.29, 0.717) is 36.5 Å². The zero-order chi connectivity index (χ0) is 21.6. The fourth-order valence-electron chi connectivity index (χ4n) is 2.82. The predicted octanol–water partition coefficient (Wildman–Crippen LogP) is 2.79. The van der Waals surface area contributed by atoms with E-state index in [9.17, 15) is 13.2 Å². The summed E-state index contributed by atoms with van der Waals surface area (Å²) in [6, 6.07) is 12.3. The first-order chi connectivity index (χ1) is 14.4. The number of nitrogens with zero attached hydrogens (tertiary/aromatic N) is 3. The van der Waals surface area contributed by atoms with Crippen LogP contribution in [0, 0.1) is 6.92 Å². The average Bonchev–Trinajstić information content (AvgIpc) is 3.21. The molecule has 0 saturated carbocycles. The number of nitrogens with one attached hydrogen (secondary N) is 1. The summed E-state index contributed by atoms with van der Waals surface area (Å²) in [6.07, 6.45) is 3.09. The maximum absolute atomic E-state index is 12.6. The number of aryl methyl sites for hydroxylation is 1. The van der Waals surface area contributed by atoms with Crippen LogP contribution < -0.4 is 5.32 Å². The topological polar surface area (TPSA) is 103 Å². The van der Waals surface area contributed by atoms with Crippen LogP contribution in [0.4, 0.5) is 0 Å². The van der Waals surface area contributed by atoms with Crippen LogP contribution in [0.25, 0.3) is 5.69 Å². The lowest BCUT2D eigenvalue weighted by Gasteiger charge is -2.11. The van der Waals surface area contributed by atoms with Crippen LogP contribution in [-0.4, -0.2) is 36.3 Å². The zero-order valence-corrected chi connectivity index (χ0v) is 17.7. The Balaban J connectivity index is 1.73. The Labute approximate surface area is 176 Å². The van der Waals surface area contributed by atoms with Gasteiger partial charge in [-0.05, 0) is 36.6 Å². The van der Waals surface area contributed by atoms with Crippen molar-refractivity contribution in [3.8, 4) is 5.69 Å². The Morgan fingerprint density at radius 1 is 1.13 bits per heavy atom. The second-order valence-electron chi connectivity index (χ2n) is 6.86. The van der Waals surface area contributed by atoms with Crippen LogP contribution in [0.15, 0.2) is 53.6 Å². The highest BCUT2D eigenvalue weighted by Gasteiger charge is 2.21. The van der Waals surface area contributed by atoms with Gasteiger partial charge in [-0.3, -0.25) is 8.98 Å². The van der Waals surface area contributed by atoms with Crippen LogP contribution in [0.5, 0.6) is 0 Å². The Morgan fingerprint density at radius 2 is 1.90 bits per heavy atom. The van der Waals surface area contributed by atoms with E-state index < -0.39 is 10.1 Å². The minimum absolute atomic E-state index is 0.0567. The molecule has 0 aliphatic heterocycles. The summed E-state index contributed by atoms with van der Waals surface area (Å²) >= 11 is 0. The van der Waals surface area contributed by atoms with Crippen LogP contribution >= 0.6 is 0 Å². The molecule has 0 unspecified atom stereocenters. The number of rotatable bonds is 10. The minimum atomic E-state index is -3.90. The second kappa shape index (κ2) is 9.75. The largest absolute Gasteiger partial charge is 0.307 e. The number of carbonyl (C=O) groups is 1. The standard InChI is InChI=1S/C21H24N4O4S/c1-3-10-29-30(27,28)21-9-4-16(2)11-20(21)25-14-19(23-24-25)13-22-12-17-5-7-18(15-26)8-6-17/h4-9,11,14-15,22H,3,10,12-13H2,1-2H3. The molecule has 1 N–H and O–H groups in total. The van der Waals surface area contributed by atoms with Crippen molar-refractivity contribution < 1.29 is 17.4 Å². The third-order valence-corrected chi connectivity index (χ3v) is 5.73. The van der Waals surface area contributed by atoms with Gasteiger partial charge in [0.2, 0.25) is 0 Å². The van der Waals surface area contributed by atoms with Crippen molar-refractivity contribution >= 4 is 16.4 Å². The summed E-state index contributed by atoms with van der Waals surface area (Å²) in [5.74, 6) is 0. The van der Waals surface area contributed by atoms with Crippen LogP contribution in [0.1, 0.15) is 40.5 Å². The van der Waals surface area contributed by atoms with Gasteiger partial charge in [-0.25, -0.2) is 4.68 Å². The third-order valence-electron chi connectivity index (χ3n) is 4.37. The van der Waals surface area contributed by atoms with Crippen molar-refractivity contribution in [1.29, 1.82) is 0 Å². The van der Waals surface area contributed by atoms with Crippen molar-refractivity contribution in [1.82, 2.24) is 20.3 Å². The second-order valence-corrected chi connectivity index (χ2v) is 8.45. The van der Waals surface area contributed by atoms with Gasteiger partial charge in [-0.1, -0.05) is 42.5 Å². The summed E-state index contributed by atoms with van der Waals surface area (Å²) in [5, 5.41) is 11.5. The lowest BCUT2D eigenvalue weighted by Crippen LogP contribution is -2.13. The summed E-state index contributed by atoms with van der Waals surface area (Å²) in [5.41, 5.74) is 3.63. The molecule has 0 saturated heterocycles. The molecule has 0 spiro atoms. The number of aldehydes is 1. The molecule has 158 valence electrons. The van der Waals surface area contributed by atoms with Gasteiger partial charge < -0.3 is 5.32 Å². The van der Waals surface area contributed by atoms with Crippen molar-refractivity contribution in [2.45, 2.75) is 38.3 Å². The molecular weight excluding hydrogens is 404 g/mol. The lowest BCUT2D eigenvalue weighted by molar-refractivity contribution is 0.112. The molecule has 2 aromatic carbocycles. The highest BCUT2D eigenvalue weighted by molar-refractivity contribution is 7.86. The van der Waals surface area contributed by atoms with Gasteiger partial charge in [0.15, 0.2) is 0 Å². The summed E-state index contributed by atoms with van der Waals surface area (Å²) in [6.45, 7) is 4.90. The monoisotopic (exact) mass is 428 g/mol. The molecule has 0 aliphatic carbocycles. The van der Waals surface area contributed by atoms with Crippen LogP contribution in [0.3, 0.4) is 0 Å². The summed E-state index contributed by atoms with van der Waals surface area (Å²) in [7, 11) is -3.90. The first-order valence-corrected chi connectivity index (χ1v) is 11.0. The average molecular weight is 429 g/mol. The smallest absolute Gasteiger partial charge is 0.299 e. The molecule has 3 aromatic rings. The molecule has 1 aromatic heterocycles. The minimum Gasteiger partial charge on any atom is -0.307 e. The molecule has 8 nitrogen and oxygen atoms in total. The predicted molar refractivity (Wildman–Crippen MR) is 112 cm³/mol. The first kappa shape index (κ1) is 21.8. The number of carbonyl (C=O) groups excluding carboxylic acids is 1. The van der Waals surface area contributed by atoms with Crippen molar-refractivity contribution in [2.75, 3.05) is 6.61 Å². The maximum Gasteiger partial charge on any atom is 0.299 e. The van der Waals surface area contributed by atoms with Crippen molar-refractivity contribution in [3.63, 3.8) is 0 Å². The molecule has 0 aliphatic rings. The van der Waals surface area contributed by atoms with Gasteiger partial charge in [0.1, 0.15) is 11.2 Å². The van der Waals surface area contributed by atoms with Gasteiger partial charge in [0.05, 0.1) is 24.2 Å². The first-order valence-electron chi connectivity index (χ1n) is 9.59. The highest BCUT2D eigenvalue weighted by atomic mass is 32.2. The summed E-state index contributed by atoms with van der Waals surface area (Å²) in [4.78, 5) is 10.8. The van der Waals surface area contributed by atoms with E-state index in [1.165, 1.54) is 10.7 Å². The van der Waals surface area contributed by atoms with Crippen LogP contribution in [0.2, 0.25) is 0 Å². The fraction of sp³-hybridized carbons (Fsp3) is 0.286. The molecule has 1 heterocycles. The number of hydrogen-bond donors (Lipinski definition) is 1. The molecule has 0 amide bonds. The van der Waals surface area contributed by atoms with Gasteiger partial charge in [0.25, 0.3) is 10.1 Å². The number of hydrogen-bond acceptors (Lipinski definition) is 7. The van der Waals surface area contributed by atoms with Crippen molar-refractivity contribution in [3.05, 3.63) is 71.0 Å². The van der Waals surface area contributed by atoms with E-state index in [-0.39, 0.29) is 11.5 Å². The Kier molecular flexibility index (Phi) is 7.09. The molecule has 3 rings (SSSR count). The van der Waals surface area contributed by atoms with Gasteiger partial charge in [0, 0.05) is 18.7 Å². The highest BCUT2D eigenvalue weighted by Crippen LogP contribution is 2.23. The Morgan fingerprint density at radius 3 is 2.60 bits per heavy atom. The normalized spacial score (nSPS) is 11.5.